The zero-order valence-corrected chi connectivity index (χ0v) is 21.5. The van der Waals surface area contributed by atoms with Gasteiger partial charge in [-0.15, -0.1) is 0 Å². The van der Waals surface area contributed by atoms with Crippen molar-refractivity contribution >= 4 is 11.9 Å². The second-order valence-electron chi connectivity index (χ2n) is 10.5. The minimum Gasteiger partial charge on any atom is -0.347 e. The van der Waals surface area contributed by atoms with E-state index in [0.29, 0.717) is 12.2 Å². The van der Waals surface area contributed by atoms with Gasteiger partial charge in [0.15, 0.2) is 0 Å². The van der Waals surface area contributed by atoms with Crippen LogP contribution in [0.25, 0.3) is 0 Å². The molecule has 4 rings (SSSR count). The molecule has 8 nitrogen and oxygen atoms in total. The summed E-state index contributed by atoms with van der Waals surface area (Å²) in [6, 6.07) is 12.0. The van der Waals surface area contributed by atoms with Crippen molar-refractivity contribution in [2.24, 2.45) is 0 Å². The van der Waals surface area contributed by atoms with Crippen LogP contribution in [0.2, 0.25) is 0 Å². The summed E-state index contributed by atoms with van der Waals surface area (Å²) in [5, 5.41) is 8.04. The molecule has 1 aromatic carbocycles. The Bertz CT molecular complexity index is 1130. The van der Waals surface area contributed by atoms with Crippen molar-refractivity contribution in [1.82, 2.24) is 30.0 Å². The van der Waals surface area contributed by atoms with Crippen molar-refractivity contribution in [3.63, 3.8) is 0 Å². The zero-order valence-electron chi connectivity index (χ0n) is 21.5. The van der Waals surface area contributed by atoms with Crippen LogP contribution in [-0.4, -0.2) is 69.3 Å². The maximum atomic E-state index is 13.4. The first-order valence-corrected chi connectivity index (χ1v) is 12.4. The first kappa shape index (κ1) is 24.9. The second-order valence-corrected chi connectivity index (χ2v) is 10.5. The van der Waals surface area contributed by atoms with Gasteiger partial charge in [0.05, 0.1) is 12.2 Å². The lowest BCUT2D eigenvalue weighted by Gasteiger charge is -2.35. The van der Waals surface area contributed by atoms with Gasteiger partial charge in [-0.1, -0.05) is 45.0 Å². The van der Waals surface area contributed by atoms with Crippen LogP contribution >= 0.6 is 0 Å². The monoisotopic (exact) mass is 475 g/mol. The predicted molar refractivity (Wildman–Crippen MR) is 139 cm³/mol. The van der Waals surface area contributed by atoms with E-state index in [1.807, 2.05) is 28.9 Å². The normalized spacial score (nSPS) is 15.7. The van der Waals surface area contributed by atoms with Crippen molar-refractivity contribution in [3.8, 4) is 0 Å². The summed E-state index contributed by atoms with van der Waals surface area (Å²) in [5.41, 5.74) is 3.75. The molecule has 0 bridgehead atoms. The zero-order chi connectivity index (χ0) is 25.0. The topological polar surface area (TPSA) is 79.2 Å². The van der Waals surface area contributed by atoms with Crippen LogP contribution in [0.4, 0.5) is 5.95 Å². The highest BCUT2D eigenvalue weighted by Crippen LogP contribution is 2.23. The van der Waals surface area contributed by atoms with Crippen molar-refractivity contribution < 1.29 is 4.79 Å². The van der Waals surface area contributed by atoms with Crippen molar-refractivity contribution in [1.29, 1.82) is 0 Å². The molecule has 1 amide bonds. The van der Waals surface area contributed by atoms with Crippen LogP contribution in [-0.2, 0) is 12.0 Å². The van der Waals surface area contributed by atoms with Gasteiger partial charge in [-0.2, -0.15) is 5.10 Å². The molecule has 3 aromatic rings. The molecule has 3 heterocycles. The smallest absolute Gasteiger partial charge is 0.269 e. The Kier molecular flexibility index (Phi) is 7.50. The lowest BCUT2D eigenvalue weighted by Crippen LogP contribution is -2.51. The fourth-order valence-electron chi connectivity index (χ4n) is 4.35. The predicted octanol–water partition coefficient (Wildman–Crippen LogP) is 3.27. The van der Waals surface area contributed by atoms with Gasteiger partial charge < -0.3 is 10.2 Å². The lowest BCUT2D eigenvalue weighted by molar-refractivity contribution is 0.0917. The summed E-state index contributed by atoms with van der Waals surface area (Å²) in [4.78, 5) is 26.7. The van der Waals surface area contributed by atoms with Gasteiger partial charge in [0.25, 0.3) is 5.91 Å². The fourth-order valence-corrected chi connectivity index (χ4v) is 4.35. The molecule has 1 aliphatic heterocycles. The number of hydrogen-bond acceptors (Lipinski definition) is 6. The molecule has 0 radical (unpaired) electrons. The molecule has 35 heavy (non-hydrogen) atoms. The van der Waals surface area contributed by atoms with Crippen molar-refractivity contribution in [2.75, 3.05) is 37.6 Å². The van der Waals surface area contributed by atoms with E-state index in [-0.39, 0.29) is 17.4 Å². The summed E-state index contributed by atoms with van der Waals surface area (Å²) in [6.45, 7) is 15.5. The Labute approximate surface area is 208 Å². The van der Waals surface area contributed by atoms with Crippen LogP contribution < -0.4 is 10.2 Å². The SMILES string of the molecule is Cc1ccccc1Cn1nc(C(C)(C)C)cc1C(=O)NC(C)CN1CCN(c2ncccn2)CC1. The van der Waals surface area contributed by atoms with Gasteiger partial charge in [-0.05, 0) is 37.1 Å². The van der Waals surface area contributed by atoms with Gasteiger partial charge in [-0.25, -0.2) is 9.97 Å². The molecule has 1 unspecified atom stereocenters. The van der Waals surface area contributed by atoms with Crippen LogP contribution in [0.1, 0.15) is 55.0 Å². The molecule has 186 valence electrons. The number of benzene rings is 1. The average molecular weight is 476 g/mol. The Hall–Kier alpha value is -3.26. The van der Waals surface area contributed by atoms with Crippen LogP contribution in [0.3, 0.4) is 0 Å². The third-order valence-corrected chi connectivity index (χ3v) is 6.48. The summed E-state index contributed by atoms with van der Waals surface area (Å²) in [6.07, 6.45) is 3.56. The van der Waals surface area contributed by atoms with E-state index in [2.05, 4.69) is 71.8 Å². The fraction of sp³-hybridized carbons (Fsp3) is 0.481. The molecule has 0 aliphatic carbocycles. The Morgan fingerprint density at radius 2 is 1.74 bits per heavy atom. The molecule has 1 saturated heterocycles. The van der Waals surface area contributed by atoms with E-state index in [9.17, 15) is 4.79 Å². The third kappa shape index (κ3) is 6.25. The van der Waals surface area contributed by atoms with Gasteiger partial charge in [0.2, 0.25) is 5.95 Å². The number of carbonyl (C=O) groups excluding carboxylic acids is 1. The minimum absolute atomic E-state index is 0.0157. The first-order valence-electron chi connectivity index (χ1n) is 12.4. The molecular formula is C27H37N7O. The Morgan fingerprint density at radius 1 is 1.06 bits per heavy atom. The summed E-state index contributed by atoms with van der Waals surface area (Å²) >= 11 is 0. The Morgan fingerprint density at radius 3 is 2.40 bits per heavy atom. The van der Waals surface area contributed by atoms with E-state index in [1.165, 1.54) is 11.1 Å². The maximum Gasteiger partial charge on any atom is 0.269 e. The second kappa shape index (κ2) is 10.6. The highest BCUT2D eigenvalue weighted by Gasteiger charge is 2.25. The minimum atomic E-state index is -0.139. The molecule has 1 atom stereocenters. The van der Waals surface area contributed by atoms with E-state index >= 15 is 0 Å². The van der Waals surface area contributed by atoms with Gasteiger partial charge >= 0.3 is 0 Å². The maximum absolute atomic E-state index is 13.4. The lowest BCUT2D eigenvalue weighted by atomic mass is 9.92. The highest BCUT2D eigenvalue weighted by atomic mass is 16.2. The van der Waals surface area contributed by atoms with E-state index in [1.54, 1.807) is 12.4 Å². The van der Waals surface area contributed by atoms with E-state index in [4.69, 9.17) is 5.10 Å². The molecule has 8 heteroatoms. The number of aryl methyl sites for hydroxylation is 1. The average Bonchev–Trinajstić information content (AvgIpc) is 3.26. The van der Waals surface area contributed by atoms with Crippen molar-refractivity contribution in [2.45, 2.75) is 52.6 Å². The number of aromatic nitrogens is 4. The van der Waals surface area contributed by atoms with Crippen LogP contribution in [0.5, 0.6) is 0 Å². The molecular weight excluding hydrogens is 438 g/mol. The van der Waals surface area contributed by atoms with Gasteiger partial charge in [0.1, 0.15) is 5.69 Å². The number of amides is 1. The number of nitrogens with zero attached hydrogens (tertiary/aromatic N) is 6. The van der Waals surface area contributed by atoms with Gasteiger partial charge in [0, 0.05) is 56.6 Å². The quantitative estimate of drug-likeness (QED) is 0.565. The molecule has 0 saturated carbocycles. The number of nitrogens with one attached hydrogen (secondary N) is 1. The number of carbonyl (C=O) groups is 1. The van der Waals surface area contributed by atoms with Crippen LogP contribution in [0, 0.1) is 6.92 Å². The van der Waals surface area contributed by atoms with Gasteiger partial charge in [-0.3, -0.25) is 14.4 Å². The molecule has 2 aromatic heterocycles. The number of anilines is 1. The molecule has 1 aliphatic rings. The number of rotatable bonds is 7. The summed E-state index contributed by atoms with van der Waals surface area (Å²) in [7, 11) is 0. The summed E-state index contributed by atoms with van der Waals surface area (Å²) < 4.78 is 1.85. The van der Waals surface area contributed by atoms with E-state index in [0.717, 1.165) is 44.4 Å². The van der Waals surface area contributed by atoms with Crippen molar-refractivity contribution in [3.05, 3.63) is 71.3 Å². The third-order valence-electron chi connectivity index (χ3n) is 6.48. The van der Waals surface area contributed by atoms with E-state index < -0.39 is 0 Å². The standard InChI is InChI=1S/C27H37N7O/c1-20-9-6-7-10-22(20)19-34-23(17-24(31-34)27(3,4)5)25(35)30-21(2)18-32-13-15-33(16-14-32)26-28-11-8-12-29-26/h6-12,17,21H,13-16,18-19H2,1-5H3,(H,30,35). The van der Waals surface area contributed by atoms with Crippen LogP contribution in [0.15, 0.2) is 48.8 Å². The number of hydrogen-bond donors (Lipinski definition) is 1. The summed E-state index contributed by atoms with van der Waals surface area (Å²) in [5.74, 6) is 0.704. The molecule has 0 spiro atoms. The Balaban J connectivity index is 1.39. The molecule has 1 N–H and O–H groups in total. The highest BCUT2D eigenvalue weighted by molar-refractivity contribution is 5.93. The molecule has 1 fully saturated rings. The first-order chi connectivity index (χ1) is 16.7. The number of piperazine rings is 1. The largest absolute Gasteiger partial charge is 0.347 e.